The Hall–Kier alpha value is -3.92. The standard InChI is InChI=1S/C26H33F6N9O2/c1-14(2)41-18(8-9-34-41)24(42)36-21(16-6-4-15(3)5-7-16)25(43)35-17-11-40(38-22(17)29)19(10-20(27)28)23-37-33-13-39(23)12-26(30,31)32/h8-9,11,13-16,19-21H,4-7,10,12H2,1-3H3,(H,35,43)(H,36,42)/t15-,16-,19-,21-/m0/s1. The predicted molar refractivity (Wildman–Crippen MR) is 141 cm³/mol. The second-order valence-electron chi connectivity index (χ2n) is 11.1. The van der Waals surface area contributed by atoms with Gasteiger partial charge in [0.1, 0.15) is 36.3 Å². The van der Waals surface area contributed by atoms with E-state index in [1.807, 2.05) is 13.8 Å². The van der Waals surface area contributed by atoms with Crippen molar-refractivity contribution < 1.29 is 35.9 Å². The molecule has 4 rings (SSSR count). The zero-order valence-electron chi connectivity index (χ0n) is 23.7. The van der Waals surface area contributed by atoms with Crippen molar-refractivity contribution in [2.24, 2.45) is 11.8 Å². The third-order valence-electron chi connectivity index (χ3n) is 7.45. The van der Waals surface area contributed by atoms with Gasteiger partial charge < -0.3 is 15.2 Å². The number of halogens is 6. The van der Waals surface area contributed by atoms with Gasteiger partial charge in [-0.25, -0.2) is 8.78 Å². The van der Waals surface area contributed by atoms with E-state index in [2.05, 4.69) is 38.0 Å². The molecule has 0 aliphatic heterocycles. The van der Waals surface area contributed by atoms with Crippen LogP contribution >= 0.6 is 0 Å². The van der Waals surface area contributed by atoms with Gasteiger partial charge >= 0.3 is 6.18 Å². The van der Waals surface area contributed by atoms with Gasteiger partial charge in [-0.2, -0.15) is 22.7 Å². The van der Waals surface area contributed by atoms with Gasteiger partial charge in [-0.3, -0.25) is 19.0 Å². The topological polar surface area (TPSA) is 125 Å². The number of rotatable bonds is 11. The molecule has 1 aliphatic rings. The maximum atomic E-state index is 15.0. The van der Waals surface area contributed by atoms with E-state index in [0.29, 0.717) is 28.0 Å². The highest BCUT2D eigenvalue weighted by Gasteiger charge is 2.36. The van der Waals surface area contributed by atoms with Gasteiger partial charge in [0.2, 0.25) is 12.3 Å². The highest BCUT2D eigenvalue weighted by Crippen LogP contribution is 2.32. The molecule has 0 radical (unpaired) electrons. The molecule has 236 valence electrons. The predicted octanol–water partition coefficient (Wildman–Crippen LogP) is 4.76. The van der Waals surface area contributed by atoms with Crippen LogP contribution in [0.4, 0.5) is 32.0 Å². The van der Waals surface area contributed by atoms with E-state index in [4.69, 9.17) is 0 Å². The normalized spacial score (nSPS) is 19.0. The lowest BCUT2D eigenvalue weighted by Crippen LogP contribution is -2.49. The van der Waals surface area contributed by atoms with Gasteiger partial charge in [0, 0.05) is 18.7 Å². The highest BCUT2D eigenvalue weighted by molar-refractivity contribution is 6.00. The van der Waals surface area contributed by atoms with Crippen molar-refractivity contribution in [2.75, 3.05) is 5.32 Å². The molecule has 0 spiro atoms. The largest absolute Gasteiger partial charge is 0.406 e. The quantitative estimate of drug-likeness (QED) is 0.299. The molecular formula is C26H33F6N9O2. The molecule has 17 heteroatoms. The van der Waals surface area contributed by atoms with Crippen LogP contribution in [-0.4, -0.2) is 64.8 Å². The summed E-state index contributed by atoms with van der Waals surface area (Å²) < 4.78 is 83.8. The van der Waals surface area contributed by atoms with Gasteiger partial charge in [-0.1, -0.05) is 19.8 Å². The minimum absolute atomic E-state index is 0.137. The average Bonchev–Trinajstić information content (AvgIpc) is 3.66. The minimum atomic E-state index is -4.70. The summed E-state index contributed by atoms with van der Waals surface area (Å²) in [4.78, 5) is 26.8. The Morgan fingerprint density at radius 3 is 2.47 bits per heavy atom. The highest BCUT2D eigenvalue weighted by atomic mass is 19.4. The van der Waals surface area contributed by atoms with Crippen LogP contribution in [0.1, 0.15) is 81.3 Å². The fourth-order valence-electron chi connectivity index (χ4n) is 5.30. The molecule has 2 atom stereocenters. The Morgan fingerprint density at radius 2 is 1.84 bits per heavy atom. The summed E-state index contributed by atoms with van der Waals surface area (Å²) in [6.45, 7) is 4.20. The molecule has 2 N–H and O–H groups in total. The van der Waals surface area contributed by atoms with Crippen molar-refractivity contribution in [1.29, 1.82) is 0 Å². The molecule has 3 aromatic rings. The Balaban J connectivity index is 1.60. The van der Waals surface area contributed by atoms with Gasteiger partial charge in [-0.15, -0.1) is 15.3 Å². The number of carbonyl (C=O) groups is 2. The maximum absolute atomic E-state index is 15.0. The summed E-state index contributed by atoms with van der Waals surface area (Å²) in [6.07, 6.45) is -2.80. The lowest BCUT2D eigenvalue weighted by molar-refractivity contribution is -0.141. The van der Waals surface area contributed by atoms with Crippen molar-refractivity contribution in [3.8, 4) is 0 Å². The third kappa shape index (κ3) is 7.93. The SMILES string of the molecule is CC(C)n1nccc1C(=O)N[C@H](C(=O)Nc1cn([C@@H](CC(F)F)c2nncn2CC(F)(F)F)nc1F)[C@H]1CC[C@H](C)CC1. The van der Waals surface area contributed by atoms with Crippen molar-refractivity contribution in [1.82, 2.24) is 39.6 Å². The molecule has 3 heterocycles. The number of alkyl halides is 5. The molecule has 1 aliphatic carbocycles. The number of amides is 2. The van der Waals surface area contributed by atoms with Crippen molar-refractivity contribution >= 4 is 17.5 Å². The fraction of sp³-hybridized carbons (Fsp3) is 0.615. The lowest BCUT2D eigenvalue weighted by Gasteiger charge is -2.32. The molecule has 2 amide bonds. The molecule has 1 saturated carbocycles. The average molecular weight is 618 g/mol. The summed E-state index contributed by atoms with van der Waals surface area (Å²) in [5, 5.41) is 19.8. The first-order valence-electron chi connectivity index (χ1n) is 13.9. The summed E-state index contributed by atoms with van der Waals surface area (Å²) >= 11 is 0. The molecule has 11 nitrogen and oxygen atoms in total. The van der Waals surface area contributed by atoms with Gasteiger partial charge in [-0.05, 0) is 44.6 Å². The van der Waals surface area contributed by atoms with Crippen LogP contribution in [-0.2, 0) is 11.3 Å². The number of hydrogen-bond acceptors (Lipinski definition) is 6. The number of carbonyl (C=O) groups excluding carboxylic acids is 2. The molecule has 3 aromatic heterocycles. The first-order chi connectivity index (χ1) is 20.2. The maximum Gasteiger partial charge on any atom is 0.406 e. The lowest BCUT2D eigenvalue weighted by atomic mass is 9.79. The van der Waals surface area contributed by atoms with Gasteiger partial charge in [0.25, 0.3) is 11.9 Å². The summed E-state index contributed by atoms with van der Waals surface area (Å²) in [7, 11) is 0. The zero-order chi connectivity index (χ0) is 31.5. The summed E-state index contributed by atoms with van der Waals surface area (Å²) in [5.41, 5.74) is -0.268. The molecule has 0 saturated heterocycles. The number of hydrogen-bond donors (Lipinski definition) is 2. The van der Waals surface area contributed by atoms with Crippen molar-refractivity contribution in [2.45, 2.75) is 90.1 Å². The number of anilines is 1. The smallest absolute Gasteiger partial charge is 0.339 e. The molecule has 0 aromatic carbocycles. The minimum Gasteiger partial charge on any atom is -0.339 e. The zero-order valence-corrected chi connectivity index (χ0v) is 23.7. The van der Waals surface area contributed by atoms with Crippen LogP contribution in [0.15, 0.2) is 24.8 Å². The first kappa shape index (κ1) is 32.0. The van der Waals surface area contributed by atoms with Crippen LogP contribution < -0.4 is 10.6 Å². The molecular weight excluding hydrogens is 584 g/mol. The van der Waals surface area contributed by atoms with Gasteiger partial charge in [0.05, 0.1) is 6.20 Å². The number of nitrogens with zero attached hydrogens (tertiary/aromatic N) is 7. The van der Waals surface area contributed by atoms with E-state index in [0.717, 1.165) is 25.4 Å². The Labute approximate surface area is 243 Å². The Bertz CT molecular complexity index is 1390. The Morgan fingerprint density at radius 1 is 1.14 bits per heavy atom. The van der Waals surface area contributed by atoms with E-state index < -0.39 is 66.9 Å². The molecule has 0 bridgehead atoms. The van der Waals surface area contributed by atoms with Crippen molar-refractivity contribution in [3.63, 3.8) is 0 Å². The fourth-order valence-corrected chi connectivity index (χ4v) is 5.30. The number of nitrogens with one attached hydrogen (secondary N) is 2. The Kier molecular flexibility index (Phi) is 9.79. The second-order valence-corrected chi connectivity index (χ2v) is 11.1. The first-order valence-corrected chi connectivity index (χ1v) is 13.9. The van der Waals surface area contributed by atoms with Crippen LogP contribution in [0.2, 0.25) is 0 Å². The van der Waals surface area contributed by atoms with Crippen LogP contribution in [0.5, 0.6) is 0 Å². The van der Waals surface area contributed by atoms with Crippen LogP contribution in [0.3, 0.4) is 0 Å². The van der Waals surface area contributed by atoms with E-state index >= 15 is 4.39 Å². The summed E-state index contributed by atoms with van der Waals surface area (Å²) in [6, 6.07) is -1.33. The van der Waals surface area contributed by atoms with E-state index in [-0.39, 0.29) is 17.7 Å². The van der Waals surface area contributed by atoms with Gasteiger partial charge in [0.15, 0.2) is 5.82 Å². The second kappa shape index (κ2) is 13.2. The van der Waals surface area contributed by atoms with Crippen LogP contribution in [0, 0.1) is 17.8 Å². The van der Waals surface area contributed by atoms with E-state index in [1.165, 1.54) is 16.9 Å². The molecule has 0 unspecified atom stereocenters. The third-order valence-corrected chi connectivity index (χ3v) is 7.45. The van der Waals surface area contributed by atoms with Crippen molar-refractivity contribution in [3.05, 3.63) is 42.3 Å². The van der Waals surface area contributed by atoms with E-state index in [9.17, 15) is 31.5 Å². The summed E-state index contributed by atoms with van der Waals surface area (Å²) in [5.74, 6) is -2.92. The molecule has 43 heavy (non-hydrogen) atoms. The monoisotopic (exact) mass is 617 g/mol. The van der Waals surface area contributed by atoms with E-state index in [1.54, 1.807) is 0 Å². The van der Waals surface area contributed by atoms with Crippen LogP contribution in [0.25, 0.3) is 0 Å². The number of aromatic nitrogens is 7. The molecule has 1 fully saturated rings.